The number of hydrogen-bond donors (Lipinski definition) is 0. The van der Waals surface area contributed by atoms with Gasteiger partial charge in [0.2, 0.25) is 5.78 Å². The summed E-state index contributed by atoms with van der Waals surface area (Å²) in [5, 5.41) is 0. The third-order valence-corrected chi connectivity index (χ3v) is 6.13. The van der Waals surface area contributed by atoms with E-state index in [9.17, 15) is 4.79 Å². The number of aromatic nitrogens is 5. The van der Waals surface area contributed by atoms with Crippen molar-refractivity contribution in [1.82, 2.24) is 24.1 Å². The molecule has 33 heavy (non-hydrogen) atoms. The SMILES string of the molecule is Cc1ccc(-c2ccc(-c3nc4ccn(CC(=O)c5cn(C)c(C)n5)cc-4n3)cc2)cc1C. The van der Waals surface area contributed by atoms with Gasteiger partial charge in [-0.3, -0.25) is 4.79 Å². The van der Waals surface area contributed by atoms with Gasteiger partial charge in [0.25, 0.3) is 0 Å². The second kappa shape index (κ2) is 8.13. The van der Waals surface area contributed by atoms with Crippen molar-refractivity contribution in [2.24, 2.45) is 7.05 Å². The smallest absolute Gasteiger partial charge is 0.202 e. The molecule has 0 amide bonds. The van der Waals surface area contributed by atoms with Crippen LogP contribution in [0.1, 0.15) is 27.4 Å². The van der Waals surface area contributed by atoms with Crippen LogP contribution in [0.3, 0.4) is 0 Å². The fraction of sp³-hybridized carbons (Fsp3) is 0.185. The Morgan fingerprint density at radius 1 is 0.788 bits per heavy atom. The van der Waals surface area contributed by atoms with Crippen LogP contribution in [0, 0.1) is 20.8 Å². The van der Waals surface area contributed by atoms with Crippen molar-refractivity contribution in [2.45, 2.75) is 27.3 Å². The van der Waals surface area contributed by atoms with Gasteiger partial charge in [-0.2, -0.15) is 0 Å². The van der Waals surface area contributed by atoms with Gasteiger partial charge in [-0.05, 0) is 49.1 Å². The minimum absolute atomic E-state index is 0.0373. The first-order valence-electron chi connectivity index (χ1n) is 10.9. The Balaban J connectivity index is 1.38. The lowest BCUT2D eigenvalue weighted by molar-refractivity contribution is 0.0967. The Hall–Kier alpha value is -4.06. The van der Waals surface area contributed by atoms with Gasteiger partial charge in [0.15, 0.2) is 5.82 Å². The van der Waals surface area contributed by atoms with E-state index >= 15 is 0 Å². The fourth-order valence-corrected chi connectivity index (χ4v) is 3.85. The lowest BCUT2D eigenvalue weighted by atomic mass is 9.99. The molecule has 5 rings (SSSR count). The number of benzene rings is 2. The zero-order valence-electron chi connectivity index (χ0n) is 19.2. The first-order valence-corrected chi connectivity index (χ1v) is 10.9. The molecule has 2 aliphatic rings. The largest absolute Gasteiger partial charge is 0.344 e. The minimum Gasteiger partial charge on any atom is -0.344 e. The zero-order valence-corrected chi connectivity index (χ0v) is 19.2. The van der Waals surface area contributed by atoms with E-state index < -0.39 is 0 Å². The first kappa shape index (κ1) is 20.8. The van der Waals surface area contributed by atoms with Crippen molar-refractivity contribution in [3.8, 4) is 33.9 Å². The number of carbonyl (C=O) groups is 1. The molecule has 0 spiro atoms. The minimum atomic E-state index is -0.0373. The third-order valence-electron chi connectivity index (χ3n) is 6.13. The normalized spacial score (nSPS) is 11.3. The summed E-state index contributed by atoms with van der Waals surface area (Å²) in [5.74, 6) is 1.46. The number of fused-ring (bicyclic) bond motifs is 1. The van der Waals surface area contributed by atoms with E-state index in [2.05, 4.69) is 66.3 Å². The highest BCUT2D eigenvalue weighted by molar-refractivity contribution is 5.94. The number of Topliss-reactive ketones (excluding diaryl/α,β-unsaturated/α-hetero) is 1. The van der Waals surface area contributed by atoms with Crippen LogP contribution in [-0.2, 0) is 13.6 Å². The highest BCUT2D eigenvalue weighted by Gasteiger charge is 2.15. The van der Waals surface area contributed by atoms with Crippen LogP contribution in [0.4, 0.5) is 0 Å². The van der Waals surface area contributed by atoms with E-state index in [1.165, 1.54) is 22.3 Å². The van der Waals surface area contributed by atoms with Gasteiger partial charge in [-0.15, -0.1) is 0 Å². The van der Waals surface area contributed by atoms with Gasteiger partial charge in [0.1, 0.15) is 17.2 Å². The molecule has 0 aliphatic carbocycles. The van der Waals surface area contributed by atoms with E-state index in [1.54, 1.807) is 6.20 Å². The Morgan fingerprint density at radius 2 is 1.48 bits per heavy atom. The van der Waals surface area contributed by atoms with Gasteiger partial charge < -0.3 is 9.13 Å². The molecule has 0 N–H and O–H groups in total. The molecule has 0 unspecified atom stereocenters. The van der Waals surface area contributed by atoms with Gasteiger partial charge in [0, 0.05) is 31.2 Å². The molecule has 0 saturated carbocycles. The van der Waals surface area contributed by atoms with Gasteiger partial charge >= 0.3 is 0 Å². The fourth-order valence-electron chi connectivity index (χ4n) is 3.85. The number of nitrogens with zero attached hydrogens (tertiary/aromatic N) is 5. The van der Waals surface area contributed by atoms with Crippen molar-refractivity contribution < 1.29 is 4.79 Å². The molecule has 0 bridgehead atoms. The lowest BCUT2D eigenvalue weighted by Gasteiger charge is -2.06. The van der Waals surface area contributed by atoms with Crippen LogP contribution in [0.2, 0.25) is 0 Å². The molecular formula is C27H25N5O. The number of aryl methyl sites for hydroxylation is 4. The Bertz CT molecular complexity index is 1420. The molecule has 2 aromatic carbocycles. The molecule has 6 nitrogen and oxygen atoms in total. The van der Waals surface area contributed by atoms with Crippen LogP contribution in [-0.4, -0.2) is 29.9 Å². The quantitative estimate of drug-likeness (QED) is 0.353. The molecule has 164 valence electrons. The van der Waals surface area contributed by atoms with E-state index in [0.29, 0.717) is 11.5 Å². The number of ketones is 1. The Labute approximate surface area is 192 Å². The maximum atomic E-state index is 12.6. The van der Waals surface area contributed by atoms with Crippen LogP contribution in [0.25, 0.3) is 33.9 Å². The number of imidazole rings is 2. The molecule has 3 aromatic rings. The second-order valence-corrected chi connectivity index (χ2v) is 8.52. The van der Waals surface area contributed by atoms with Crippen LogP contribution >= 0.6 is 0 Å². The highest BCUT2D eigenvalue weighted by atomic mass is 16.1. The van der Waals surface area contributed by atoms with Crippen LogP contribution in [0.15, 0.2) is 67.1 Å². The zero-order chi connectivity index (χ0) is 23.1. The van der Waals surface area contributed by atoms with Gasteiger partial charge in [-0.1, -0.05) is 42.5 Å². The number of hydrogen-bond acceptors (Lipinski definition) is 4. The second-order valence-electron chi connectivity index (χ2n) is 8.52. The highest BCUT2D eigenvalue weighted by Crippen LogP contribution is 2.28. The first-order chi connectivity index (χ1) is 15.9. The molecular weight excluding hydrogens is 410 g/mol. The predicted octanol–water partition coefficient (Wildman–Crippen LogP) is 5.26. The number of rotatable bonds is 5. The van der Waals surface area contributed by atoms with Crippen molar-refractivity contribution in [2.75, 3.05) is 0 Å². The number of carbonyl (C=O) groups excluding carboxylic acids is 1. The molecule has 1 aromatic heterocycles. The van der Waals surface area contributed by atoms with Crippen molar-refractivity contribution >= 4 is 5.78 Å². The average molecular weight is 436 g/mol. The summed E-state index contributed by atoms with van der Waals surface area (Å²) < 4.78 is 3.68. The average Bonchev–Trinajstić information content (AvgIpc) is 3.38. The van der Waals surface area contributed by atoms with Crippen molar-refractivity contribution in [1.29, 1.82) is 0 Å². The monoisotopic (exact) mass is 435 g/mol. The predicted molar refractivity (Wildman–Crippen MR) is 129 cm³/mol. The van der Waals surface area contributed by atoms with E-state index in [0.717, 1.165) is 22.8 Å². The van der Waals surface area contributed by atoms with E-state index in [-0.39, 0.29) is 12.3 Å². The summed E-state index contributed by atoms with van der Waals surface area (Å²) >= 11 is 0. The Morgan fingerprint density at radius 3 is 2.18 bits per heavy atom. The molecule has 6 heteroatoms. The maximum Gasteiger partial charge on any atom is 0.202 e. The summed E-state index contributed by atoms with van der Waals surface area (Å²) in [6, 6.07) is 16.7. The van der Waals surface area contributed by atoms with Crippen LogP contribution < -0.4 is 0 Å². The topological polar surface area (TPSA) is 65.6 Å². The number of pyridine rings is 1. The van der Waals surface area contributed by atoms with Gasteiger partial charge in [0.05, 0.1) is 12.2 Å². The maximum absolute atomic E-state index is 12.6. The van der Waals surface area contributed by atoms with Crippen molar-refractivity contribution in [3.05, 3.63) is 89.8 Å². The van der Waals surface area contributed by atoms with Crippen molar-refractivity contribution in [3.63, 3.8) is 0 Å². The summed E-state index contributed by atoms with van der Waals surface area (Å²) in [7, 11) is 1.88. The molecule has 0 atom stereocenters. The Kier molecular flexibility index (Phi) is 5.13. The molecule has 3 heterocycles. The lowest BCUT2D eigenvalue weighted by Crippen LogP contribution is -2.11. The standard InChI is InChI=1S/C27H25N5O/c1-17-5-6-22(13-18(17)2)20-7-9-21(10-8-20)27-29-23-11-12-32(15-24(23)30-27)16-26(33)25-14-31(4)19(3)28-25/h5-15H,16H2,1-4H3. The third kappa shape index (κ3) is 4.07. The van der Waals surface area contributed by atoms with Crippen LogP contribution in [0.5, 0.6) is 0 Å². The van der Waals surface area contributed by atoms with Gasteiger partial charge in [-0.25, -0.2) is 15.0 Å². The molecule has 0 fully saturated rings. The molecule has 0 radical (unpaired) electrons. The summed E-state index contributed by atoms with van der Waals surface area (Å²) in [4.78, 5) is 26.3. The molecule has 0 saturated heterocycles. The summed E-state index contributed by atoms with van der Waals surface area (Å²) in [6.45, 7) is 6.34. The van der Waals surface area contributed by atoms with E-state index in [1.807, 2.05) is 41.6 Å². The van der Waals surface area contributed by atoms with E-state index in [4.69, 9.17) is 4.98 Å². The molecule has 2 aliphatic heterocycles. The summed E-state index contributed by atoms with van der Waals surface area (Å²) in [6.07, 6.45) is 5.49. The summed E-state index contributed by atoms with van der Waals surface area (Å²) in [5.41, 5.74) is 7.95.